The van der Waals surface area contributed by atoms with Gasteiger partial charge >= 0.3 is 0 Å². The molecule has 1 aromatic rings. The molecule has 1 aromatic carbocycles. The highest BCUT2D eigenvalue weighted by atomic mass is 15.1. The minimum atomic E-state index is 0.269. The summed E-state index contributed by atoms with van der Waals surface area (Å²) in [6.45, 7) is 20.5. The molecule has 1 aliphatic heterocycles. The van der Waals surface area contributed by atoms with E-state index in [1.165, 1.54) is 63.6 Å². The number of unbranched alkanes of at least 4 members (excludes halogenated alkanes) is 1. The van der Waals surface area contributed by atoms with Gasteiger partial charge in [0.1, 0.15) is 0 Å². The maximum absolute atomic E-state index is 6.33. The highest BCUT2D eigenvalue weighted by Gasteiger charge is 2.56. The molecule has 2 N–H and O–H groups in total. The Morgan fingerprint density at radius 1 is 1.09 bits per heavy atom. The Bertz CT molecular complexity index is 894. The van der Waals surface area contributed by atoms with Crippen molar-refractivity contribution in [1.82, 2.24) is 4.90 Å². The van der Waals surface area contributed by atoms with Gasteiger partial charge in [-0.2, -0.15) is 0 Å². The number of piperidine rings is 1. The molecule has 1 saturated carbocycles. The molecule has 3 unspecified atom stereocenters. The highest BCUT2D eigenvalue weighted by molar-refractivity contribution is 5.72. The van der Waals surface area contributed by atoms with Crippen LogP contribution in [0.4, 0.5) is 0 Å². The number of hydrogen-bond acceptors (Lipinski definition) is 2. The lowest BCUT2D eigenvalue weighted by Crippen LogP contribution is -2.44. The molecule has 190 valence electrons. The number of likely N-dealkylation sites (tertiary alicyclic amines) is 1. The summed E-state index contributed by atoms with van der Waals surface area (Å²) in [7, 11) is 0. The fourth-order valence-corrected chi connectivity index (χ4v) is 7.05. The Morgan fingerprint density at radius 3 is 2.47 bits per heavy atom. The smallest absolute Gasteiger partial charge is 0.0165 e. The van der Waals surface area contributed by atoms with E-state index in [1.807, 2.05) is 0 Å². The average Bonchev–Trinajstić information content (AvgIpc) is 3.49. The fraction of sp³-hybridized carbons (Fsp3) is 0.750. The summed E-state index contributed by atoms with van der Waals surface area (Å²) in [5, 5.41) is 0. The summed E-state index contributed by atoms with van der Waals surface area (Å²) in [6.07, 6.45) is 12.7. The summed E-state index contributed by atoms with van der Waals surface area (Å²) < 4.78 is 0. The lowest BCUT2D eigenvalue weighted by molar-refractivity contribution is 0.120. The van der Waals surface area contributed by atoms with E-state index in [4.69, 9.17) is 5.73 Å². The van der Waals surface area contributed by atoms with Crippen LogP contribution < -0.4 is 5.73 Å². The van der Waals surface area contributed by atoms with Crippen LogP contribution in [-0.4, -0.2) is 30.6 Å². The molecule has 1 saturated heterocycles. The van der Waals surface area contributed by atoms with Crippen LogP contribution in [0.25, 0.3) is 5.57 Å². The van der Waals surface area contributed by atoms with Crippen LogP contribution in [0.1, 0.15) is 117 Å². The lowest BCUT2D eigenvalue weighted by Gasteiger charge is -2.42. The van der Waals surface area contributed by atoms with Crippen LogP contribution >= 0.6 is 0 Å². The predicted molar refractivity (Wildman–Crippen MR) is 148 cm³/mol. The van der Waals surface area contributed by atoms with Gasteiger partial charge in [0.05, 0.1) is 0 Å². The zero-order valence-corrected chi connectivity index (χ0v) is 23.3. The maximum atomic E-state index is 6.33. The van der Waals surface area contributed by atoms with Crippen molar-refractivity contribution in [2.75, 3.05) is 19.6 Å². The molecule has 2 aliphatic carbocycles. The van der Waals surface area contributed by atoms with Gasteiger partial charge in [-0.15, -0.1) is 0 Å². The molecule has 3 aliphatic rings. The van der Waals surface area contributed by atoms with Crippen LogP contribution in [0, 0.1) is 17.3 Å². The number of fused-ring (bicyclic) bond motifs is 1. The normalized spacial score (nSPS) is 31.7. The zero-order chi connectivity index (χ0) is 24.7. The molecule has 0 aromatic heterocycles. The van der Waals surface area contributed by atoms with Crippen molar-refractivity contribution in [3.05, 3.63) is 41.0 Å². The van der Waals surface area contributed by atoms with E-state index in [0.717, 1.165) is 18.9 Å². The van der Waals surface area contributed by atoms with E-state index in [9.17, 15) is 0 Å². The summed E-state index contributed by atoms with van der Waals surface area (Å²) in [5.74, 6) is 1.51. The second-order valence-electron chi connectivity index (χ2n) is 13.5. The number of allylic oxidation sites excluding steroid dienone is 2. The molecular formula is C32H52N2. The Hall–Kier alpha value is -1.12. The minimum Gasteiger partial charge on any atom is -0.327 e. The topological polar surface area (TPSA) is 29.3 Å². The van der Waals surface area contributed by atoms with Gasteiger partial charge in [0.2, 0.25) is 0 Å². The summed E-state index contributed by atoms with van der Waals surface area (Å²) >= 11 is 0. The van der Waals surface area contributed by atoms with Gasteiger partial charge in [0, 0.05) is 19.1 Å². The van der Waals surface area contributed by atoms with Gasteiger partial charge in [-0.1, -0.05) is 79.2 Å². The summed E-state index contributed by atoms with van der Waals surface area (Å²) in [4.78, 5) is 2.67. The fourth-order valence-electron chi connectivity index (χ4n) is 7.05. The Morgan fingerprint density at radius 2 is 1.79 bits per heavy atom. The molecule has 0 radical (unpaired) electrons. The third-order valence-corrected chi connectivity index (χ3v) is 9.95. The van der Waals surface area contributed by atoms with E-state index < -0.39 is 0 Å². The molecule has 4 atom stereocenters. The van der Waals surface area contributed by atoms with Crippen LogP contribution in [0.15, 0.2) is 24.3 Å². The van der Waals surface area contributed by atoms with Crippen LogP contribution in [0.5, 0.6) is 0 Å². The second-order valence-corrected chi connectivity index (χ2v) is 13.5. The number of hydrogen-bond donors (Lipinski definition) is 1. The standard InChI is InChI=1S/C32H52N2/c1-8-10-13-26(23-14-15-27-28(19-23)31(5,6)17-16-30(27,3)4)29-20-32(29,7)24-12-11-18-34(21-24)22-25(33)9-2/h13-15,19,24-25,29H,8-12,16-18,20-22,33H2,1-7H3/b26-13-/t24?,25-,29?,32?/m0/s1. The summed E-state index contributed by atoms with van der Waals surface area (Å²) in [6, 6.07) is 7.88. The zero-order valence-electron chi connectivity index (χ0n) is 23.3. The maximum Gasteiger partial charge on any atom is 0.0165 e. The summed E-state index contributed by atoms with van der Waals surface area (Å²) in [5.41, 5.74) is 13.7. The highest BCUT2D eigenvalue weighted by Crippen LogP contribution is 2.64. The number of benzene rings is 1. The Balaban J connectivity index is 1.60. The van der Waals surface area contributed by atoms with Crippen LogP contribution in [0.3, 0.4) is 0 Å². The predicted octanol–water partition coefficient (Wildman–Crippen LogP) is 7.69. The quantitative estimate of drug-likeness (QED) is 0.427. The van der Waals surface area contributed by atoms with Crippen molar-refractivity contribution in [3.63, 3.8) is 0 Å². The first-order valence-electron chi connectivity index (χ1n) is 14.3. The molecular weight excluding hydrogens is 412 g/mol. The molecule has 34 heavy (non-hydrogen) atoms. The first-order chi connectivity index (χ1) is 16.0. The lowest BCUT2D eigenvalue weighted by atomic mass is 9.62. The second kappa shape index (κ2) is 9.74. The third-order valence-electron chi connectivity index (χ3n) is 9.95. The first-order valence-corrected chi connectivity index (χ1v) is 14.3. The monoisotopic (exact) mass is 464 g/mol. The number of nitrogens with two attached hydrogens (primary N) is 1. The number of nitrogens with zero attached hydrogens (tertiary/aromatic N) is 1. The SMILES string of the molecule is CCC/C=C(/c1ccc2c(c1)C(C)(C)CCC2(C)C)C1CC1(C)C1CCCN(C[C@@H](N)CC)C1. The molecule has 0 spiro atoms. The molecule has 2 nitrogen and oxygen atoms in total. The van der Waals surface area contributed by atoms with Gasteiger partial charge in [-0.05, 0) is 102 Å². The first kappa shape index (κ1) is 26.0. The van der Waals surface area contributed by atoms with Crippen molar-refractivity contribution < 1.29 is 0 Å². The van der Waals surface area contributed by atoms with Gasteiger partial charge < -0.3 is 10.6 Å². The number of rotatable bonds is 8. The molecule has 0 bridgehead atoms. The van der Waals surface area contributed by atoms with Gasteiger partial charge in [0.15, 0.2) is 0 Å². The van der Waals surface area contributed by atoms with Crippen molar-refractivity contribution in [2.45, 2.75) is 117 Å². The Labute approximate surface area is 210 Å². The average molecular weight is 465 g/mol. The largest absolute Gasteiger partial charge is 0.327 e. The Kier molecular flexibility index (Phi) is 7.43. The van der Waals surface area contributed by atoms with Crippen molar-refractivity contribution >= 4 is 5.57 Å². The van der Waals surface area contributed by atoms with Crippen molar-refractivity contribution in [1.29, 1.82) is 0 Å². The molecule has 4 rings (SSSR count). The molecule has 2 fully saturated rings. The molecule has 2 heteroatoms. The van der Waals surface area contributed by atoms with E-state index in [0.29, 0.717) is 17.4 Å². The van der Waals surface area contributed by atoms with Crippen molar-refractivity contribution in [2.24, 2.45) is 23.0 Å². The van der Waals surface area contributed by atoms with Gasteiger partial charge in [-0.3, -0.25) is 0 Å². The van der Waals surface area contributed by atoms with E-state index in [1.54, 1.807) is 16.7 Å². The molecule has 1 heterocycles. The third kappa shape index (κ3) is 5.05. The van der Waals surface area contributed by atoms with E-state index >= 15 is 0 Å². The van der Waals surface area contributed by atoms with Crippen molar-refractivity contribution in [3.8, 4) is 0 Å². The van der Waals surface area contributed by atoms with Crippen LogP contribution in [0.2, 0.25) is 0 Å². The minimum absolute atomic E-state index is 0.269. The van der Waals surface area contributed by atoms with E-state index in [-0.39, 0.29) is 10.8 Å². The van der Waals surface area contributed by atoms with Gasteiger partial charge in [-0.25, -0.2) is 0 Å². The molecule has 0 amide bonds. The van der Waals surface area contributed by atoms with Gasteiger partial charge in [0.25, 0.3) is 0 Å². The van der Waals surface area contributed by atoms with E-state index in [2.05, 4.69) is 77.6 Å². The van der Waals surface area contributed by atoms with Crippen LogP contribution in [-0.2, 0) is 10.8 Å².